The number of aliphatic hydroxyl groups is 1. The van der Waals surface area contributed by atoms with Crippen molar-refractivity contribution in [3.8, 4) is 0 Å². The number of hydrogen-bond acceptors (Lipinski definition) is 2. The molecule has 90 valence electrons. The second-order valence-electron chi connectivity index (χ2n) is 6.29. The number of aryl methyl sites for hydroxylation is 1. The van der Waals surface area contributed by atoms with Crippen LogP contribution in [-0.4, -0.2) is 14.9 Å². The van der Waals surface area contributed by atoms with Crippen LogP contribution in [0.15, 0.2) is 12.4 Å². The summed E-state index contributed by atoms with van der Waals surface area (Å²) in [6.07, 6.45) is 6.61. The van der Waals surface area contributed by atoms with Crippen LogP contribution >= 0.6 is 0 Å². The van der Waals surface area contributed by atoms with Crippen molar-refractivity contribution in [2.24, 2.45) is 18.4 Å². The molecule has 2 atom stereocenters. The molecule has 1 aliphatic rings. The molecule has 1 aliphatic carbocycles. The first kappa shape index (κ1) is 11.6. The monoisotopic (exact) mass is 222 g/mol. The van der Waals surface area contributed by atoms with Crippen molar-refractivity contribution in [3.63, 3.8) is 0 Å². The molecule has 3 heteroatoms. The minimum Gasteiger partial charge on any atom is -0.385 e. The van der Waals surface area contributed by atoms with Crippen LogP contribution in [0, 0.1) is 11.3 Å². The van der Waals surface area contributed by atoms with E-state index in [4.69, 9.17) is 0 Å². The molecule has 2 rings (SSSR count). The average molecular weight is 222 g/mol. The second-order valence-corrected chi connectivity index (χ2v) is 6.29. The van der Waals surface area contributed by atoms with Crippen molar-refractivity contribution in [1.29, 1.82) is 0 Å². The topological polar surface area (TPSA) is 38.1 Å². The molecule has 16 heavy (non-hydrogen) atoms. The van der Waals surface area contributed by atoms with E-state index in [0.717, 1.165) is 18.4 Å². The van der Waals surface area contributed by atoms with Crippen molar-refractivity contribution >= 4 is 0 Å². The van der Waals surface area contributed by atoms with Crippen molar-refractivity contribution in [2.45, 2.75) is 45.6 Å². The van der Waals surface area contributed by atoms with Gasteiger partial charge >= 0.3 is 0 Å². The zero-order valence-electron chi connectivity index (χ0n) is 10.7. The van der Waals surface area contributed by atoms with Gasteiger partial charge in [-0.25, -0.2) is 0 Å². The lowest BCUT2D eigenvalue weighted by Crippen LogP contribution is -2.39. The summed E-state index contributed by atoms with van der Waals surface area (Å²) in [6.45, 7) is 6.70. The maximum Gasteiger partial charge on any atom is 0.0934 e. The van der Waals surface area contributed by atoms with Crippen molar-refractivity contribution < 1.29 is 5.11 Å². The molecule has 1 aromatic heterocycles. The number of rotatable bonds is 1. The molecule has 0 amide bonds. The average Bonchev–Trinajstić information content (AvgIpc) is 2.47. The largest absolute Gasteiger partial charge is 0.385 e. The van der Waals surface area contributed by atoms with Crippen LogP contribution in [0.25, 0.3) is 0 Å². The lowest BCUT2D eigenvalue weighted by atomic mass is 9.64. The van der Waals surface area contributed by atoms with Crippen LogP contribution in [0.4, 0.5) is 0 Å². The zero-order chi connectivity index (χ0) is 12.0. The van der Waals surface area contributed by atoms with Crippen molar-refractivity contribution in [3.05, 3.63) is 18.0 Å². The van der Waals surface area contributed by atoms with E-state index in [1.54, 1.807) is 10.9 Å². The van der Waals surface area contributed by atoms with E-state index in [0.29, 0.717) is 5.92 Å². The Labute approximate surface area is 97.5 Å². The lowest BCUT2D eigenvalue weighted by molar-refractivity contribution is -0.0635. The molecule has 0 spiro atoms. The summed E-state index contributed by atoms with van der Waals surface area (Å²) in [5, 5.41) is 15.0. The molecule has 1 fully saturated rings. The molecule has 0 saturated heterocycles. The predicted octanol–water partition coefficient (Wildman–Crippen LogP) is 2.45. The molecule has 1 N–H and O–H groups in total. The summed E-state index contributed by atoms with van der Waals surface area (Å²) in [6, 6.07) is 0. The highest BCUT2D eigenvalue weighted by Crippen LogP contribution is 2.48. The molecule has 0 radical (unpaired) electrons. The van der Waals surface area contributed by atoms with Crippen LogP contribution in [-0.2, 0) is 12.6 Å². The lowest BCUT2D eigenvalue weighted by Gasteiger charge is -2.44. The molecular weight excluding hydrogens is 200 g/mol. The molecule has 0 aromatic carbocycles. The van der Waals surface area contributed by atoms with Gasteiger partial charge in [0, 0.05) is 18.8 Å². The van der Waals surface area contributed by atoms with Crippen LogP contribution in [0.3, 0.4) is 0 Å². The molecule has 1 aromatic rings. The number of nitrogens with zero attached hydrogens (tertiary/aromatic N) is 2. The summed E-state index contributed by atoms with van der Waals surface area (Å²) in [5.41, 5.74) is 0.493. The van der Waals surface area contributed by atoms with E-state index in [-0.39, 0.29) is 5.41 Å². The van der Waals surface area contributed by atoms with Crippen LogP contribution in [0.1, 0.15) is 45.6 Å². The molecule has 3 nitrogen and oxygen atoms in total. The van der Waals surface area contributed by atoms with Crippen LogP contribution < -0.4 is 0 Å². The molecular formula is C13H22N2O. The zero-order valence-corrected chi connectivity index (χ0v) is 10.7. The third kappa shape index (κ3) is 2.14. The van der Waals surface area contributed by atoms with Gasteiger partial charge in [0.15, 0.2) is 0 Å². The molecule has 1 saturated carbocycles. The quantitative estimate of drug-likeness (QED) is 0.792. The summed E-state index contributed by atoms with van der Waals surface area (Å²) < 4.78 is 1.76. The van der Waals surface area contributed by atoms with Crippen molar-refractivity contribution in [2.75, 3.05) is 0 Å². The van der Waals surface area contributed by atoms with E-state index in [2.05, 4.69) is 25.9 Å². The Morgan fingerprint density at radius 1 is 1.44 bits per heavy atom. The fourth-order valence-corrected chi connectivity index (χ4v) is 3.41. The van der Waals surface area contributed by atoms with E-state index in [1.165, 1.54) is 6.42 Å². The first-order valence-corrected chi connectivity index (χ1v) is 6.02. The summed E-state index contributed by atoms with van der Waals surface area (Å²) >= 11 is 0. The highest BCUT2D eigenvalue weighted by Gasteiger charge is 2.43. The van der Waals surface area contributed by atoms with Gasteiger partial charge in [0.1, 0.15) is 0 Å². The van der Waals surface area contributed by atoms with E-state index >= 15 is 0 Å². The maximum absolute atomic E-state index is 10.8. The Hall–Kier alpha value is -0.830. The van der Waals surface area contributed by atoms with E-state index in [9.17, 15) is 5.11 Å². The molecule has 0 aliphatic heterocycles. The highest BCUT2D eigenvalue weighted by atomic mass is 16.3. The minimum absolute atomic E-state index is 0.211. The van der Waals surface area contributed by atoms with Gasteiger partial charge in [-0.15, -0.1) is 0 Å². The van der Waals surface area contributed by atoms with Crippen molar-refractivity contribution in [1.82, 2.24) is 9.78 Å². The fourth-order valence-electron chi connectivity index (χ4n) is 3.41. The van der Waals surface area contributed by atoms with Gasteiger partial charge in [-0.05, 0) is 30.6 Å². The fraction of sp³-hybridized carbons (Fsp3) is 0.769. The van der Waals surface area contributed by atoms with E-state index in [1.807, 2.05) is 13.2 Å². The Morgan fingerprint density at radius 2 is 2.12 bits per heavy atom. The summed E-state index contributed by atoms with van der Waals surface area (Å²) in [4.78, 5) is 0. The smallest absolute Gasteiger partial charge is 0.0934 e. The van der Waals surface area contributed by atoms with E-state index < -0.39 is 5.60 Å². The molecule has 0 bridgehead atoms. The highest BCUT2D eigenvalue weighted by molar-refractivity contribution is 5.17. The van der Waals surface area contributed by atoms with Gasteiger partial charge in [0.2, 0.25) is 0 Å². The third-order valence-electron chi connectivity index (χ3n) is 3.60. The van der Waals surface area contributed by atoms with Gasteiger partial charge in [0.05, 0.1) is 11.8 Å². The molecule has 2 unspecified atom stereocenters. The minimum atomic E-state index is -0.685. The SMILES string of the molecule is CC1CC(C)(C)CC(O)(c2cnn(C)c2)C1. The first-order chi connectivity index (χ1) is 7.31. The van der Waals surface area contributed by atoms with Crippen LogP contribution in [0.5, 0.6) is 0 Å². The predicted molar refractivity (Wildman–Crippen MR) is 63.9 cm³/mol. The second kappa shape index (κ2) is 3.59. The normalized spacial score (nSPS) is 33.9. The first-order valence-electron chi connectivity index (χ1n) is 6.02. The Kier molecular flexibility index (Phi) is 2.61. The van der Waals surface area contributed by atoms with Gasteiger partial charge < -0.3 is 5.11 Å². The van der Waals surface area contributed by atoms with Gasteiger partial charge in [-0.2, -0.15) is 5.10 Å². The number of aromatic nitrogens is 2. The Morgan fingerprint density at radius 3 is 2.62 bits per heavy atom. The van der Waals surface area contributed by atoms with Crippen LogP contribution in [0.2, 0.25) is 0 Å². The third-order valence-corrected chi connectivity index (χ3v) is 3.60. The van der Waals surface area contributed by atoms with Gasteiger partial charge in [-0.3, -0.25) is 4.68 Å². The summed E-state index contributed by atoms with van der Waals surface area (Å²) in [7, 11) is 1.89. The van der Waals surface area contributed by atoms with Gasteiger partial charge in [-0.1, -0.05) is 20.8 Å². The maximum atomic E-state index is 10.8. The Balaban J connectivity index is 2.30. The standard InChI is InChI=1S/C13H22N2O/c1-10-5-12(2,3)9-13(16,6-10)11-7-14-15(4)8-11/h7-8,10,16H,5-6,9H2,1-4H3. The van der Waals surface area contributed by atoms with Gasteiger partial charge in [0.25, 0.3) is 0 Å². The Bertz CT molecular complexity index is 383. The molecule has 1 heterocycles. The number of hydrogen-bond donors (Lipinski definition) is 1. The summed E-state index contributed by atoms with van der Waals surface area (Å²) in [5.74, 6) is 0.564.